The van der Waals surface area contributed by atoms with Gasteiger partial charge in [0.25, 0.3) is 5.91 Å². The van der Waals surface area contributed by atoms with E-state index < -0.39 is 11.9 Å². The second-order valence-corrected chi connectivity index (χ2v) is 6.54. The first kappa shape index (κ1) is 21.4. The van der Waals surface area contributed by atoms with E-state index in [1.807, 2.05) is 53.4 Å². The van der Waals surface area contributed by atoms with Crippen molar-refractivity contribution in [3.05, 3.63) is 70.7 Å². The Morgan fingerprint density at radius 3 is 1.89 bits per heavy atom. The van der Waals surface area contributed by atoms with E-state index in [1.54, 1.807) is 0 Å². The summed E-state index contributed by atoms with van der Waals surface area (Å²) < 4.78 is 0. The highest BCUT2D eigenvalue weighted by atomic mass is 35.5. The summed E-state index contributed by atoms with van der Waals surface area (Å²) >= 11 is 6.21. The standard InChI is InChI=1S/C18H19ClN2O.C2H2O4/c19-17-9-5-4-8-16(17)14-20-10-12-21(13-11-20)18(22)15-6-2-1-3-7-15;3-1(4)2(5)6/h1-9H,10-14H2;(H,3,4)(H,5,6). The third-order valence-corrected chi connectivity index (χ3v) is 4.58. The number of hydrogen-bond donors (Lipinski definition) is 2. The Hall–Kier alpha value is -2.90. The van der Waals surface area contributed by atoms with Crippen molar-refractivity contribution >= 4 is 29.4 Å². The van der Waals surface area contributed by atoms with Crippen LogP contribution in [-0.2, 0) is 16.1 Å². The van der Waals surface area contributed by atoms with E-state index in [9.17, 15) is 4.79 Å². The number of carboxylic acids is 2. The fourth-order valence-corrected chi connectivity index (χ4v) is 2.94. The molecule has 0 bridgehead atoms. The van der Waals surface area contributed by atoms with Crippen molar-refractivity contribution in [1.29, 1.82) is 0 Å². The molecule has 0 spiro atoms. The van der Waals surface area contributed by atoms with E-state index in [0.29, 0.717) is 0 Å². The molecule has 3 rings (SSSR count). The van der Waals surface area contributed by atoms with Crippen LogP contribution in [0.1, 0.15) is 15.9 Å². The predicted molar refractivity (Wildman–Crippen MR) is 104 cm³/mol. The number of aliphatic carboxylic acids is 2. The molecule has 1 aliphatic rings. The van der Waals surface area contributed by atoms with Crippen LogP contribution in [0.2, 0.25) is 5.02 Å². The Morgan fingerprint density at radius 2 is 1.36 bits per heavy atom. The summed E-state index contributed by atoms with van der Waals surface area (Å²) in [6.07, 6.45) is 0. The zero-order valence-corrected chi connectivity index (χ0v) is 15.9. The largest absolute Gasteiger partial charge is 0.473 e. The molecule has 0 aromatic heterocycles. The molecule has 1 saturated heterocycles. The minimum Gasteiger partial charge on any atom is -0.473 e. The van der Waals surface area contributed by atoms with Gasteiger partial charge in [-0.05, 0) is 23.8 Å². The molecule has 1 amide bonds. The topological polar surface area (TPSA) is 98.1 Å². The third kappa shape index (κ3) is 6.37. The Kier molecular flexibility index (Phi) is 7.98. The average Bonchev–Trinajstić information content (AvgIpc) is 2.71. The molecule has 2 aromatic rings. The highest BCUT2D eigenvalue weighted by Crippen LogP contribution is 2.18. The molecule has 0 saturated carbocycles. The number of benzene rings is 2. The monoisotopic (exact) mass is 404 g/mol. The zero-order valence-electron chi connectivity index (χ0n) is 15.1. The summed E-state index contributed by atoms with van der Waals surface area (Å²) in [5.41, 5.74) is 1.91. The van der Waals surface area contributed by atoms with E-state index in [4.69, 9.17) is 31.4 Å². The smallest absolute Gasteiger partial charge is 0.414 e. The second-order valence-electron chi connectivity index (χ2n) is 6.14. The summed E-state index contributed by atoms with van der Waals surface area (Å²) in [7, 11) is 0. The van der Waals surface area contributed by atoms with E-state index in [-0.39, 0.29) is 5.91 Å². The molecule has 28 heavy (non-hydrogen) atoms. The van der Waals surface area contributed by atoms with Crippen molar-refractivity contribution in [2.45, 2.75) is 6.54 Å². The fourth-order valence-electron chi connectivity index (χ4n) is 2.74. The average molecular weight is 405 g/mol. The molecule has 7 nitrogen and oxygen atoms in total. The van der Waals surface area contributed by atoms with Crippen LogP contribution in [-0.4, -0.2) is 64.0 Å². The molecular weight excluding hydrogens is 384 g/mol. The van der Waals surface area contributed by atoms with Gasteiger partial charge >= 0.3 is 11.9 Å². The van der Waals surface area contributed by atoms with Gasteiger partial charge in [0.15, 0.2) is 0 Å². The zero-order chi connectivity index (χ0) is 20.5. The molecule has 0 unspecified atom stereocenters. The number of carbonyl (C=O) groups excluding carboxylic acids is 1. The summed E-state index contributed by atoms with van der Waals surface area (Å²) in [5, 5.41) is 15.6. The minimum atomic E-state index is -1.82. The van der Waals surface area contributed by atoms with Crippen LogP contribution in [0.3, 0.4) is 0 Å². The maximum atomic E-state index is 12.4. The van der Waals surface area contributed by atoms with Crippen molar-refractivity contribution in [1.82, 2.24) is 9.80 Å². The van der Waals surface area contributed by atoms with Crippen LogP contribution in [0.4, 0.5) is 0 Å². The normalized spacial score (nSPS) is 14.0. The number of carboxylic acid groups (broad SMARTS) is 2. The highest BCUT2D eigenvalue weighted by Gasteiger charge is 2.22. The van der Waals surface area contributed by atoms with Crippen LogP contribution in [0.15, 0.2) is 54.6 Å². The van der Waals surface area contributed by atoms with Crippen LogP contribution in [0.25, 0.3) is 0 Å². The number of hydrogen-bond acceptors (Lipinski definition) is 4. The summed E-state index contributed by atoms with van der Waals surface area (Å²) in [6, 6.07) is 17.4. The molecule has 148 valence electrons. The highest BCUT2D eigenvalue weighted by molar-refractivity contribution is 6.31. The Balaban J connectivity index is 0.000000409. The van der Waals surface area contributed by atoms with Gasteiger partial charge in [0, 0.05) is 43.3 Å². The first-order valence-corrected chi connectivity index (χ1v) is 9.02. The quantitative estimate of drug-likeness (QED) is 0.762. The maximum Gasteiger partial charge on any atom is 0.414 e. The molecular formula is C20H21ClN2O5. The summed E-state index contributed by atoms with van der Waals surface area (Å²) in [5.74, 6) is -3.53. The molecule has 1 heterocycles. The Morgan fingerprint density at radius 1 is 0.821 bits per heavy atom. The van der Waals surface area contributed by atoms with Crippen LogP contribution < -0.4 is 0 Å². The van der Waals surface area contributed by atoms with Gasteiger partial charge < -0.3 is 15.1 Å². The molecule has 1 fully saturated rings. The van der Waals surface area contributed by atoms with E-state index in [2.05, 4.69) is 11.0 Å². The van der Waals surface area contributed by atoms with Crippen molar-refractivity contribution in [2.24, 2.45) is 0 Å². The third-order valence-electron chi connectivity index (χ3n) is 4.21. The van der Waals surface area contributed by atoms with Crippen molar-refractivity contribution < 1.29 is 24.6 Å². The number of nitrogens with zero attached hydrogens (tertiary/aromatic N) is 2. The van der Waals surface area contributed by atoms with E-state index in [0.717, 1.165) is 48.9 Å². The van der Waals surface area contributed by atoms with Gasteiger partial charge in [0.1, 0.15) is 0 Å². The molecule has 0 radical (unpaired) electrons. The minimum absolute atomic E-state index is 0.123. The summed E-state index contributed by atoms with van der Waals surface area (Å²) in [6.45, 7) is 4.12. The number of amides is 1. The first-order chi connectivity index (χ1) is 13.4. The first-order valence-electron chi connectivity index (χ1n) is 8.64. The molecule has 2 N–H and O–H groups in total. The fraction of sp³-hybridized carbons (Fsp3) is 0.250. The predicted octanol–water partition coefficient (Wildman–Crippen LogP) is 2.45. The van der Waals surface area contributed by atoms with Gasteiger partial charge in [-0.25, -0.2) is 9.59 Å². The summed E-state index contributed by atoms with van der Waals surface area (Å²) in [4.78, 5) is 34.9. The van der Waals surface area contributed by atoms with Crippen molar-refractivity contribution in [2.75, 3.05) is 26.2 Å². The number of rotatable bonds is 3. The van der Waals surface area contributed by atoms with Crippen LogP contribution in [0.5, 0.6) is 0 Å². The molecule has 2 aromatic carbocycles. The van der Waals surface area contributed by atoms with Crippen molar-refractivity contribution in [3.8, 4) is 0 Å². The lowest BCUT2D eigenvalue weighted by atomic mass is 10.1. The van der Waals surface area contributed by atoms with E-state index >= 15 is 0 Å². The van der Waals surface area contributed by atoms with Gasteiger partial charge in [-0.1, -0.05) is 48.0 Å². The van der Waals surface area contributed by atoms with Crippen molar-refractivity contribution in [3.63, 3.8) is 0 Å². The molecule has 0 atom stereocenters. The van der Waals surface area contributed by atoms with Crippen LogP contribution >= 0.6 is 11.6 Å². The number of carbonyl (C=O) groups is 3. The van der Waals surface area contributed by atoms with Gasteiger partial charge in [-0.3, -0.25) is 9.69 Å². The molecule has 1 aliphatic heterocycles. The van der Waals surface area contributed by atoms with Gasteiger partial charge in [-0.2, -0.15) is 0 Å². The molecule has 0 aliphatic carbocycles. The second kappa shape index (κ2) is 10.4. The Labute approximate surface area is 167 Å². The number of halogens is 1. The van der Waals surface area contributed by atoms with Crippen LogP contribution in [0, 0.1) is 0 Å². The van der Waals surface area contributed by atoms with Gasteiger partial charge in [0.2, 0.25) is 0 Å². The lowest BCUT2D eigenvalue weighted by Gasteiger charge is -2.35. The lowest BCUT2D eigenvalue weighted by molar-refractivity contribution is -0.159. The SMILES string of the molecule is O=C(O)C(=O)O.O=C(c1ccccc1)N1CCN(Cc2ccccc2Cl)CC1. The van der Waals surface area contributed by atoms with Gasteiger partial charge in [-0.15, -0.1) is 0 Å². The van der Waals surface area contributed by atoms with E-state index in [1.165, 1.54) is 0 Å². The number of piperazine rings is 1. The molecule has 8 heteroatoms. The lowest BCUT2D eigenvalue weighted by Crippen LogP contribution is -2.48. The maximum absolute atomic E-state index is 12.4. The Bertz CT molecular complexity index is 808. The van der Waals surface area contributed by atoms with Gasteiger partial charge in [0.05, 0.1) is 0 Å².